The van der Waals surface area contributed by atoms with E-state index in [2.05, 4.69) is 15.3 Å². The number of methoxy groups -OCH3 is 1. The molecule has 1 aliphatic carbocycles. The quantitative estimate of drug-likeness (QED) is 0.464. The van der Waals surface area contributed by atoms with E-state index in [1.54, 1.807) is 7.11 Å². The lowest BCUT2D eigenvalue weighted by atomic mass is 9.63. The van der Waals surface area contributed by atoms with E-state index < -0.39 is 11.3 Å². The van der Waals surface area contributed by atoms with Crippen LogP contribution in [0, 0.1) is 6.92 Å². The van der Waals surface area contributed by atoms with Crippen molar-refractivity contribution in [3.05, 3.63) is 53.9 Å². The predicted octanol–water partition coefficient (Wildman–Crippen LogP) is 3.62. The Hall–Kier alpha value is -3.19. The zero-order valence-corrected chi connectivity index (χ0v) is 15.8. The molecule has 0 radical (unpaired) electrons. The number of benzene rings is 2. The van der Waals surface area contributed by atoms with Gasteiger partial charge in [0.2, 0.25) is 0 Å². The number of amides is 1. The highest BCUT2D eigenvalue weighted by molar-refractivity contribution is 5.92. The molecule has 3 aromatic rings. The standard InChI is InChI=1S/C21H22N4O3/c1-13-22-17-7-4-3-6-15(17)19(23-13)24-14-8-9-18(28-2)16(12-14)21(10-5-11-21)20(26)25-27/h3-4,6-9,12,27H,5,10-11H2,1-2H3,(H,25,26)(H,22,23,24). The molecule has 3 N–H and O–H groups in total. The van der Waals surface area contributed by atoms with Gasteiger partial charge in [-0.05, 0) is 50.1 Å². The summed E-state index contributed by atoms with van der Waals surface area (Å²) in [6.45, 7) is 1.85. The number of aromatic nitrogens is 2. The highest BCUT2D eigenvalue weighted by Gasteiger charge is 2.47. The fourth-order valence-electron chi connectivity index (χ4n) is 3.84. The summed E-state index contributed by atoms with van der Waals surface area (Å²) in [6.07, 6.45) is 2.24. The predicted molar refractivity (Wildman–Crippen MR) is 106 cm³/mol. The summed E-state index contributed by atoms with van der Waals surface area (Å²) in [6, 6.07) is 13.4. The second-order valence-electron chi connectivity index (χ2n) is 7.05. The second kappa shape index (κ2) is 7.09. The van der Waals surface area contributed by atoms with Crippen LogP contribution in [0.1, 0.15) is 30.7 Å². The van der Waals surface area contributed by atoms with Gasteiger partial charge in [-0.1, -0.05) is 18.6 Å². The molecular formula is C21H22N4O3. The van der Waals surface area contributed by atoms with E-state index >= 15 is 0 Å². The average Bonchev–Trinajstić information content (AvgIpc) is 2.67. The molecule has 1 saturated carbocycles. The molecule has 28 heavy (non-hydrogen) atoms. The number of ether oxygens (including phenoxy) is 1. The molecule has 0 unspecified atom stereocenters. The van der Waals surface area contributed by atoms with Gasteiger partial charge >= 0.3 is 0 Å². The van der Waals surface area contributed by atoms with Crippen LogP contribution in [0.15, 0.2) is 42.5 Å². The van der Waals surface area contributed by atoms with Gasteiger partial charge in [0.25, 0.3) is 5.91 Å². The van der Waals surface area contributed by atoms with Crippen LogP contribution in [0.2, 0.25) is 0 Å². The Morgan fingerprint density at radius 2 is 1.96 bits per heavy atom. The monoisotopic (exact) mass is 378 g/mol. The maximum atomic E-state index is 12.4. The van der Waals surface area contributed by atoms with Crippen molar-refractivity contribution < 1.29 is 14.7 Å². The smallest absolute Gasteiger partial charge is 0.254 e. The number of fused-ring (bicyclic) bond motifs is 1. The lowest BCUT2D eigenvalue weighted by molar-refractivity contribution is -0.138. The molecule has 1 amide bonds. The third kappa shape index (κ3) is 2.93. The van der Waals surface area contributed by atoms with Gasteiger partial charge in [-0.25, -0.2) is 15.4 Å². The number of para-hydroxylation sites is 1. The molecule has 0 aliphatic heterocycles. The average molecular weight is 378 g/mol. The molecule has 1 aliphatic rings. The first-order valence-electron chi connectivity index (χ1n) is 9.21. The Bertz CT molecular complexity index is 1050. The van der Waals surface area contributed by atoms with Gasteiger partial charge in [0.15, 0.2) is 0 Å². The molecule has 0 atom stereocenters. The van der Waals surface area contributed by atoms with Crippen LogP contribution >= 0.6 is 0 Å². The molecule has 0 saturated heterocycles. The van der Waals surface area contributed by atoms with Crippen LogP contribution in [0.5, 0.6) is 5.75 Å². The van der Waals surface area contributed by atoms with Crippen LogP contribution in [0.3, 0.4) is 0 Å². The summed E-state index contributed by atoms with van der Waals surface area (Å²) >= 11 is 0. The summed E-state index contributed by atoms with van der Waals surface area (Å²) in [4.78, 5) is 21.4. The van der Waals surface area contributed by atoms with E-state index in [4.69, 9.17) is 4.74 Å². The van der Waals surface area contributed by atoms with E-state index in [0.717, 1.165) is 28.6 Å². The van der Waals surface area contributed by atoms with Gasteiger partial charge in [-0.2, -0.15) is 0 Å². The van der Waals surface area contributed by atoms with Crippen molar-refractivity contribution in [2.24, 2.45) is 0 Å². The number of rotatable bonds is 5. The molecule has 1 aromatic heterocycles. The van der Waals surface area contributed by atoms with Crippen LogP contribution < -0.4 is 15.5 Å². The third-order valence-electron chi connectivity index (χ3n) is 5.44. The van der Waals surface area contributed by atoms with Gasteiger partial charge in [0, 0.05) is 16.6 Å². The molecule has 4 rings (SSSR count). The van der Waals surface area contributed by atoms with E-state index in [0.29, 0.717) is 30.2 Å². The third-order valence-corrected chi connectivity index (χ3v) is 5.44. The molecule has 1 heterocycles. The minimum atomic E-state index is -0.776. The van der Waals surface area contributed by atoms with E-state index in [1.807, 2.05) is 54.9 Å². The number of aryl methyl sites for hydroxylation is 1. The number of carbonyl (C=O) groups is 1. The molecule has 7 heteroatoms. The molecule has 2 aromatic carbocycles. The zero-order valence-electron chi connectivity index (χ0n) is 15.8. The molecular weight excluding hydrogens is 356 g/mol. The molecule has 1 fully saturated rings. The van der Waals surface area contributed by atoms with Gasteiger partial charge in [-0.15, -0.1) is 0 Å². The highest BCUT2D eigenvalue weighted by Crippen LogP contribution is 2.48. The van der Waals surface area contributed by atoms with Crippen molar-refractivity contribution in [2.75, 3.05) is 12.4 Å². The maximum Gasteiger partial charge on any atom is 0.254 e. The number of anilines is 2. The number of nitrogens with one attached hydrogen (secondary N) is 2. The summed E-state index contributed by atoms with van der Waals surface area (Å²) in [5.74, 6) is 1.59. The number of hydrogen-bond acceptors (Lipinski definition) is 6. The van der Waals surface area contributed by atoms with Crippen LogP contribution in [0.4, 0.5) is 11.5 Å². The first-order chi connectivity index (χ1) is 13.6. The SMILES string of the molecule is COc1ccc(Nc2nc(C)nc3ccccc23)cc1C1(C(=O)NO)CCC1. The summed E-state index contributed by atoms with van der Waals surface area (Å²) in [5, 5.41) is 13.5. The zero-order chi connectivity index (χ0) is 19.7. The first-order valence-corrected chi connectivity index (χ1v) is 9.21. The summed E-state index contributed by atoms with van der Waals surface area (Å²) < 4.78 is 5.50. The Morgan fingerprint density at radius 1 is 1.18 bits per heavy atom. The van der Waals surface area contributed by atoms with Crippen LogP contribution in [0.25, 0.3) is 10.9 Å². The Labute approximate surface area is 162 Å². The van der Waals surface area contributed by atoms with Crippen molar-refractivity contribution >= 4 is 28.3 Å². The van der Waals surface area contributed by atoms with Crippen molar-refractivity contribution in [3.63, 3.8) is 0 Å². The van der Waals surface area contributed by atoms with Gasteiger partial charge in [0.1, 0.15) is 17.4 Å². The second-order valence-corrected chi connectivity index (χ2v) is 7.05. The van der Waals surface area contributed by atoms with Gasteiger partial charge in [-0.3, -0.25) is 10.0 Å². The molecule has 0 bridgehead atoms. The fourth-order valence-corrected chi connectivity index (χ4v) is 3.84. The summed E-state index contributed by atoms with van der Waals surface area (Å²) in [5.41, 5.74) is 3.45. The van der Waals surface area contributed by atoms with Gasteiger partial charge < -0.3 is 10.1 Å². The lowest BCUT2D eigenvalue weighted by Crippen LogP contribution is -2.48. The van der Waals surface area contributed by atoms with Crippen molar-refractivity contribution in [1.29, 1.82) is 0 Å². The largest absolute Gasteiger partial charge is 0.496 e. The Morgan fingerprint density at radius 3 is 2.64 bits per heavy atom. The van der Waals surface area contributed by atoms with E-state index in [-0.39, 0.29) is 0 Å². The fraction of sp³-hybridized carbons (Fsp3) is 0.286. The Kier molecular flexibility index (Phi) is 4.60. The van der Waals surface area contributed by atoms with Crippen molar-refractivity contribution in [3.8, 4) is 5.75 Å². The molecule has 144 valence electrons. The number of hydrogen-bond donors (Lipinski definition) is 3. The first kappa shape index (κ1) is 18.2. The number of hydroxylamine groups is 1. The number of carbonyl (C=O) groups excluding carboxylic acids is 1. The van der Waals surface area contributed by atoms with Gasteiger partial charge in [0.05, 0.1) is 18.0 Å². The van der Waals surface area contributed by atoms with Crippen molar-refractivity contribution in [2.45, 2.75) is 31.6 Å². The number of nitrogens with zero attached hydrogens (tertiary/aromatic N) is 2. The normalized spacial score (nSPS) is 15.0. The summed E-state index contributed by atoms with van der Waals surface area (Å²) in [7, 11) is 1.58. The Balaban J connectivity index is 1.78. The van der Waals surface area contributed by atoms with Crippen molar-refractivity contribution in [1.82, 2.24) is 15.4 Å². The minimum absolute atomic E-state index is 0.405. The lowest BCUT2D eigenvalue weighted by Gasteiger charge is -2.40. The molecule has 7 nitrogen and oxygen atoms in total. The highest BCUT2D eigenvalue weighted by atomic mass is 16.5. The maximum absolute atomic E-state index is 12.4. The molecule has 0 spiro atoms. The van der Waals surface area contributed by atoms with E-state index in [9.17, 15) is 10.0 Å². The minimum Gasteiger partial charge on any atom is -0.496 e. The van der Waals surface area contributed by atoms with Crippen LogP contribution in [-0.4, -0.2) is 28.2 Å². The topological polar surface area (TPSA) is 96.4 Å². The van der Waals surface area contributed by atoms with E-state index in [1.165, 1.54) is 0 Å². The van der Waals surface area contributed by atoms with Crippen LogP contribution in [-0.2, 0) is 10.2 Å².